The average Bonchev–Trinajstić information content (AvgIpc) is 3.46. The summed E-state index contributed by atoms with van der Waals surface area (Å²) >= 11 is 0. The van der Waals surface area contributed by atoms with E-state index < -0.39 is 0 Å². The third-order valence-electron chi connectivity index (χ3n) is 7.54. The van der Waals surface area contributed by atoms with Gasteiger partial charge in [-0.25, -0.2) is 4.79 Å². The lowest BCUT2D eigenvalue weighted by molar-refractivity contribution is 0.0505. The lowest BCUT2D eigenvalue weighted by atomic mass is 9.74. The van der Waals surface area contributed by atoms with Crippen LogP contribution in [0.1, 0.15) is 66.2 Å². The van der Waals surface area contributed by atoms with Gasteiger partial charge in [0, 0.05) is 36.8 Å². The van der Waals surface area contributed by atoms with Crippen LogP contribution in [0.15, 0.2) is 55.1 Å². The van der Waals surface area contributed by atoms with Gasteiger partial charge in [-0.15, -0.1) is 0 Å². The summed E-state index contributed by atoms with van der Waals surface area (Å²) < 4.78 is 11.1. The number of likely N-dealkylation sites (tertiary alicyclic amines) is 2. The number of carbonyl (C=O) groups excluding carboxylic acids is 2. The summed E-state index contributed by atoms with van der Waals surface area (Å²) in [5.74, 6) is 1.05. The highest BCUT2D eigenvalue weighted by Crippen LogP contribution is 2.50. The quantitative estimate of drug-likeness (QED) is 0.538. The van der Waals surface area contributed by atoms with Crippen molar-refractivity contribution >= 4 is 17.7 Å². The Morgan fingerprint density at radius 2 is 1.86 bits per heavy atom. The van der Waals surface area contributed by atoms with Crippen molar-refractivity contribution in [3.05, 3.63) is 71.8 Å². The molecule has 3 atom stereocenters. The van der Waals surface area contributed by atoms with Crippen LogP contribution in [0.25, 0.3) is 0 Å². The number of carbonyl (C=O) groups is 2. The molecule has 5 rings (SSSR count). The standard InChI is InChI=1S/C29H35N3O4/c1-3-18-36-29(34)32-17-7-8-23-26(20-9-12-22(13-10-20)35-4-2)30-25-14-11-21(19-24(25)27(23)32)28(33)31-15-5-6-16-31/h3,9-14,19,23,26-27,30H,1,4-8,15-18H2,2H3/t23-,26?,27-/m0/s1. The molecule has 0 radical (unpaired) electrons. The Balaban J connectivity index is 1.53. The fourth-order valence-corrected chi connectivity index (χ4v) is 5.91. The van der Waals surface area contributed by atoms with E-state index in [0.29, 0.717) is 18.7 Å². The molecule has 7 heteroatoms. The van der Waals surface area contributed by atoms with Crippen molar-refractivity contribution in [3.63, 3.8) is 0 Å². The van der Waals surface area contributed by atoms with Crippen LogP contribution in [-0.2, 0) is 4.74 Å². The van der Waals surface area contributed by atoms with Crippen LogP contribution in [0, 0.1) is 5.92 Å². The number of nitrogens with one attached hydrogen (secondary N) is 1. The first-order valence-corrected chi connectivity index (χ1v) is 13.1. The Kier molecular flexibility index (Phi) is 7.16. The van der Waals surface area contributed by atoms with E-state index in [1.165, 1.54) is 0 Å². The minimum atomic E-state index is -0.334. The van der Waals surface area contributed by atoms with Gasteiger partial charge in [-0.05, 0) is 74.1 Å². The highest BCUT2D eigenvalue weighted by Gasteiger charge is 2.45. The number of rotatable bonds is 6. The predicted molar refractivity (Wildman–Crippen MR) is 139 cm³/mol. The second-order valence-electron chi connectivity index (χ2n) is 9.74. The van der Waals surface area contributed by atoms with Gasteiger partial charge in [0.2, 0.25) is 0 Å². The van der Waals surface area contributed by atoms with Crippen molar-refractivity contribution < 1.29 is 19.1 Å². The normalized spacial score (nSPS) is 22.8. The fraction of sp³-hybridized carbons (Fsp3) is 0.448. The van der Waals surface area contributed by atoms with Crippen LogP contribution in [0.4, 0.5) is 10.5 Å². The van der Waals surface area contributed by atoms with Crippen LogP contribution in [0.5, 0.6) is 5.75 Å². The first-order valence-electron chi connectivity index (χ1n) is 13.1. The lowest BCUT2D eigenvalue weighted by Gasteiger charge is -2.48. The molecule has 2 aromatic carbocycles. The SMILES string of the molecule is C=CCOC(=O)N1CCC[C@H]2C(c3ccc(OCC)cc3)Nc3ccc(C(=O)N4CCCC4)cc3[C@H]21. The number of piperidine rings is 1. The summed E-state index contributed by atoms with van der Waals surface area (Å²) in [6, 6.07) is 13.9. The number of anilines is 1. The number of hydrogen-bond acceptors (Lipinski definition) is 5. The van der Waals surface area contributed by atoms with Crippen molar-refractivity contribution in [2.24, 2.45) is 5.92 Å². The summed E-state index contributed by atoms with van der Waals surface area (Å²) in [7, 11) is 0. The van der Waals surface area contributed by atoms with Crippen LogP contribution in [-0.4, -0.2) is 54.6 Å². The second kappa shape index (κ2) is 10.6. The van der Waals surface area contributed by atoms with Crippen LogP contribution >= 0.6 is 0 Å². The molecule has 2 aromatic rings. The van der Waals surface area contributed by atoms with Crippen molar-refractivity contribution in [1.82, 2.24) is 9.80 Å². The van der Waals surface area contributed by atoms with Crippen molar-refractivity contribution in [2.45, 2.75) is 44.7 Å². The Morgan fingerprint density at radius 1 is 1.08 bits per heavy atom. The van der Waals surface area contributed by atoms with Crippen LogP contribution < -0.4 is 10.1 Å². The van der Waals surface area contributed by atoms with E-state index in [9.17, 15) is 9.59 Å². The minimum absolute atomic E-state index is 0.0216. The van der Waals surface area contributed by atoms with E-state index in [4.69, 9.17) is 9.47 Å². The molecule has 2 saturated heterocycles. The first-order chi connectivity index (χ1) is 17.6. The molecule has 3 aliphatic rings. The van der Waals surface area contributed by atoms with Crippen molar-refractivity contribution in [3.8, 4) is 5.75 Å². The second-order valence-corrected chi connectivity index (χ2v) is 9.74. The molecule has 7 nitrogen and oxygen atoms in total. The largest absolute Gasteiger partial charge is 0.494 e. The number of benzene rings is 2. The van der Waals surface area contributed by atoms with E-state index in [1.807, 2.05) is 47.1 Å². The van der Waals surface area contributed by atoms with Gasteiger partial charge in [-0.2, -0.15) is 0 Å². The maximum Gasteiger partial charge on any atom is 0.410 e. The highest BCUT2D eigenvalue weighted by molar-refractivity contribution is 5.95. The van der Waals surface area contributed by atoms with Gasteiger partial charge in [0.05, 0.1) is 18.7 Å². The van der Waals surface area contributed by atoms with Crippen molar-refractivity contribution in [2.75, 3.05) is 38.2 Å². The third-order valence-corrected chi connectivity index (χ3v) is 7.54. The van der Waals surface area contributed by atoms with E-state index in [0.717, 1.165) is 61.3 Å². The summed E-state index contributed by atoms with van der Waals surface area (Å²) in [5, 5.41) is 3.74. The lowest BCUT2D eigenvalue weighted by Crippen LogP contribution is -2.48. The molecule has 3 heterocycles. The molecule has 0 spiro atoms. The highest BCUT2D eigenvalue weighted by atomic mass is 16.6. The minimum Gasteiger partial charge on any atom is -0.494 e. The number of hydrogen-bond donors (Lipinski definition) is 1. The zero-order valence-corrected chi connectivity index (χ0v) is 20.9. The molecule has 1 N–H and O–H groups in total. The Morgan fingerprint density at radius 3 is 2.58 bits per heavy atom. The molecule has 0 aromatic heterocycles. The van der Waals surface area contributed by atoms with Gasteiger partial charge in [-0.3, -0.25) is 4.79 Å². The molecular formula is C29H35N3O4. The van der Waals surface area contributed by atoms with Gasteiger partial charge in [0.1, 0.15) is 12.4 Å². The summed E-state index contributed by atoms with van der Waals surface area (Å²) in [4.78, 5) is 30.1. The number of ether oxygens (including phenoxy) is 2. The Labute approximate surface area is 213 Å². The van der Waals surface area contributed by atoms with E-state index in [2.05, 4.69) is 24.0 Å². The monoisotopic (exact) mass is 489 g/mol. The molecule has 2 amide bonds. The zero-order valence-electron chi connectivity index (χ0n) is 20.9. The van der Waals surface area contributed by atoms with Gasteiger partial charge in [-0.1, -0.05) is 24.8 Å². The number of amides is 2. The zero-order chi connectivity index (χ0) is 25.1. The molecule has 1 unspecified atom stereocenters. The summed E-state index contributed by atoms with van der Waals surface area (Å²) in [6.07, 6.45) is 5.21. The van der Waals surface area contributed by atoms with Gasteiger partial charge in [0.25, 0.3) is 5.91 Å². The fourth-order valence-electron chi connectivity index (χ4n) is 5.91. The molecule has 190 valence electrons. The molecule has 0 aliphatic carbocycles. The molecule has 2 fully saturated rings. The average molecular weight is 490 g/mol. The van der Waals surface area contributed by atoms with Gasteiger partial charge < -0.3 is 24.6 Å². The third kappa shape index (κ3) is 4.66. The smallest absolute Gasteiger partial charge is 0.410 e. The maximum absolute atomic E-state index is 13.2. The van der Waals surface area contributed by atoms with E-state index >= 15 is 0 Å². The molecule has 0 bridgehead atoms. The summed E-state index contributed by atoms with van der Waals surface area (Å²) in [5.41, 5.74) is 3.78. The van der Waals surface area contributed by atoms with Gasteiger partial charge >= 0.3 is 6.09 Å². The Bertz CT molecular complexity index is 1110. The number of fused-ring (bicyclic) bond motifs is 3. The topological polar surface area (TPSA) is 71.1 Å². The number of nitrogens with zero attached hydrogens (tertiary/aromatic N) is 2. The van der Waals surface area contributed by atoms with Crippen LogP contribution in [0.3, 0.4) is 0 Å². The maximum atomic E-state index is 13.2. The van der Waals surface area contributed by atoms with Crippen LogP contribution in [0.2, 0.25) is 0 Å². The van der Waals surface area contributed by atoms with E-state index in [-0.39, 0.29) is 36.6 Å². The van der Waals surface area contributed by atoms with Crippen molar-refractivity contribution in [1.29, 1.82) is 0 Å². The van der Waals surface area contributed by atoms with Gasteiger partial charge in [0.15, 0.2) is 0 Å². The Hall–Kier alpha value is -3.48. The predicted octanol–water partition coefficient (Wildman–Crippen LogP) is 5.56. The van der Waals surface area contributed by atoms with E-state index in [1.54, 1.807) is 6.08 Å². The molecular weight excluding hydrogens is 454 g/mol. The first kappa shape index (κ1) is 24.2. The molecule has 3 aliphatic heterocycles. The molecule has 36 heavy (non-hydrogen) atoms. The molecule has 0 saturated carbocycles. The summed E-state index contributed by atoms with van der Waals surface area (Å²) in [6.45, 7) is 8.68.